The average Bonchev–Trinajstić information content (AvgIpc) is 3.35. The van der Waals surface area contributed by atoms with Crippen LogP contribution in [0, 0.1) is 40.4 Å². The quantitative estimate of drug-likeness (QED) is 0.650. The van der Waals surface area contributed by atoms with Crippen molar-refractivity contribution in [1.82, 2.24) is 0 Å². The van der Waals surface area contributed by atoms with Crippen LogP contribution in [0.15, 0.2) is 11.6 Å². The summed E-state index contributed by atoms with van der Waals surface area (Å²) in [4.78, 5) is 24.3. The molecule has 0 aromatic carbocycles. The number of hydrogen-bond acceptors (Lipinski definition) is 3. The zero-order valence-electron chi connectivity index (χ0n) is 17.1. The molecule has 0 amide bonds. The molecule has 3 nitrogen and oxygen atoms in total. The predicted molar refractivity (Wildman–Crippen MR) is 104 cm³/mol. The summed E-state index contributed by atoms with van der Waals surface area (Å²) >= 11 is 0. The molecule has 0 aromatic heterocycles. The van der Waals surface area contributed by atoms with Crippen LogP contribution >= 0.6 is 0 Å². The minimum atomic E-state index is 0.00224. The van der Waals surface area contributed by atoms with Gasteiger partial charge in [-0.05, 0) is 86.0 Å². The normalized spacial score (nSPS) is 50.0. The zero-order valence-corrected chi connectivity index (χ0v) is 17.1. The second-order valence-electron chi connectivity index (χ2n) is 10.6. The molecule has 27 heavy (non-hydrogen) atoms. The summed E-state index contributed by atoms with van der Waals surface area (Å²) in [6.07, 6.45) is 11.4. The lowest BCUT2D eigenvalue weighted by Crippen LogP contribution is -2.52. The van der Waals surface area contributed by atoms with E-state index in [9.17, 15) is 9.59 Å². The Morgan fingerprint density at radius 1 is 1.19 bits per heavy atom. The first kappa shape index (κ1) is 17.9. The van der Waals surface area contributed by atoms with E-state index in [0.717, 1.165) is 43.4 Å². The highest BCUT2D eigenvalue weighted by atomic mass is 16.5. The van der Waals surface area contributed by atoms with Crippen molar-refractivity contribution < 1.29 is 14.3 Å². The van der Waals surface area contributed by atoms with E-state index in [0.29, 0.717) is 24.0 Å². The maximum absolute atomic E-state index is 12.2. The molecule has 0 saturated heterocycles. The Labute approximate surface area is 163 Å². The van der Waals surface area contributed by atoms with Crippen molar-refractivity contribution in [3.63, 3.8) is 0 Å². The van der Waals surface area contributed by atoms with Crippen molar-refractivity contribution >= 4 is 11.8 Å². The van der Waals surface area contributed by atoms with Gasteiger partial charge < -0.3 is 4.74 Å². The molecule has 3 heteroatoms. The molecule has 5 aliphatic carbocycles. The number of rotatable bonds is 3. The van der Waals surface area contributed by atoms with Gasteiger partial charge in [0.2, 0.25) is 0 Å². The maximum Gasteiger partial charge on any atom is 0.306 e. The summed E-state index contributed by atoms with van der Waals surface area (Å²) < 4.78 is 6.00. The number of carbonyl (C=O) groups excluding carboxylic acids is 2. The molecule has 8 unspecified atom stereocenters. The third kappa shape index (κ3) is 2.45. The number of fused-ring (bicyclic) bond motifs is 8. The van der Waals surface area contributed by atoms with Crippen molar-refractivity contribution in [2.24, 2.45) is 40.4 Å². The second kappa shape index (κ2) is 5.94. The Hall–Kier alpha value is -1.12. The lowest BCUT2D eigenvalue weighted by atomic mass is 9.47. The molecule has 0 aliphatic heterocycles. The fourth-order valence-electron chi connectivity index (χ4n) is 7.97. The summed E-state index contributed by atoms with van der Waals surface area (Å²) in [7, 11) is 0. The third-order valence-corrected chi connectivity index (χ3v) is 9.39. The van der Waals surface area contributed by atoms with E-state index in [1.54, 1.807) is 0 Å². The molecule has 0 aromatic rings. The SMILES string of the molecule is CCCC(=O)OC1CCC2C3C4CC4C4=CC(=O)CCC4(C)C3CCC12C. The summed E-state index contributed by atoms with van der Waals surface area (Å²) in [5.74, 6) is 4.02. The zero-order chi connectivity index (χ0) is 19.0. The van der Waals surface area contributed by atoms with Crippen molar-refractivity contribution in [2.75, 3.05) is 0 Å². The van der Waals surface area contributed by atoms with Gasteiger partial charge in [0.25, 0.3) is 0 Å². The average molecular weight is 371 g/mol. The first-order valence-electron chi connectivity index (χ1n) is 11.3. The highest BCUT2D eigenvalue weighted by molar-refractivity contribution is 5.92. The van der Waals surface area contributed by atoms with Crippen molar-refractivity contribution in [1.29, 1.82) is 0 Å². The van der Waals surface area contributed by atoms with E-state index < -0.39 is 0 Å². The van der Waals surface area contributed by atoms with E-state index in [1.807, 2.05) is 13.0 Å². The molecule has 148 valence electrons. The Kier molecular flexibility index (Phi) is 3.95. The minimum absolute atomic E-state index is 0.00224. The van der Waals surface area contributed by atoms with E-state index >= 15 is 0 Å². The largest absolute Gasteiger partial charge is 0.462 e. The topological polar surface area (TPSA) is 43.4 Å². The highest BCUT2D eigenvalue weighted by Gasteiger charge is 2.67. The molecule has 8 atom stereocenters. The van der Waals surface area contributed by atoms with Gasteiger partial charge in [-0.1, -0.05) is 26.3 Å². The van der Waals surface area contributed by atoms with Gasteiger partial charge in [-0.25, -0.2) is 0 Å². The first-order chi connectivity index (χ1) is 12.9. The number of esters is 1. The fraction of sp³-hybridized carbons (Fsp3) is 0.833. The summed E-state index contributed by atoms with van der Waals surface area (Å²) in [6.45, 7) is 6.93. The van der Waals surface area contributed by atoms with Crippen molar-refractivity contribution in [3.8, 4) is 0 Å². The molecule has 0 heterocycles. The molecule has 4 saturated carbocycles. The van der Waals surface area contributed by atoms with Gasteiger partial charge in [-0.2, -0.15) is 0 Å². The van der Waals surface area contributed by atoms with Crippen molar-refractivity contribution in [3.05, 3.63) is 11.6 Å². The van der Waals surface area contributed by atoms with Crippen molar-refractivity contribution in [2.45, 2.75) is 84.7 Å². The third-order valence-electron chi connectivity index (χ3n) is 9.39. The molecule has 0 spiro atoms. The van der Waals surface area contributed by atoms with Gasteiger partial charge in [-0.3, -0.25) is 9.59 Å². The van der Waals surface area contributed by atoms with E-state index in [4.69, 9.17) is 4.74 Å². The molecule has 0 bridgehead atoms. The number of ether oxygens (including phenoxy) is 1. The van der Waals surface area contributed by atoms with Gasteiger partial charge in [0.1, 0.15) is 6.10 Å². The summed E-state index contributed by atoms with van der Waals surface area (Å²) in [6, 6.07) is 0. The van der Waals surface area contributed by atoms with Gasteiger partial charge in [0, 0.05) is 18.3 Å². The first-order valence-corrected chi connectivity index (χ1v) is 11.3. The Morgan fingerprint density at radius 2 is 2.00 bits per heavy atom. The molecule has 0 N–H and O–H groups in total. The van der Waals surface area contributed by atoms with E-state index in [2.05, 4.69) is 13.8 Å². The van der Waals surface area contributed by atoms with Crippen LogP contribution in [-0.2, 0) is 14.3 Å². The van der Waals surface area contributed by atoms with Gasteiger partial charge in [0.05, 0.1) is 0 Å². The monoisotopic (exact) mass is 370 g/mol. The maximum atomic E-state index is 12.2. The number of hydrogen-bond donors (Lipinski definition) is 0. The van der Waals surface area contributed by atoms with Crippen LogP contribution in [0.25, 0.3) is 0 Å². The van der Waals surface area contributed by atoms with Crippen LogP contribution in [0.2, 0.25) is 0 Å². The van der Waals surface area contributed by atoms with Gasteiger partial charge in [0.15, 0.2) is 5.78 Å². The molecular formula is C24H34O3. The van der Waals surface area contributed by atoms with Gasteiger partial charge >= 0.3 is 5.97 Å². The predicted octanol–water partition coefficient (Wildman–Crippen LogP) is 5.09. The highest BCUT2D eigenvalue weighted by Crippen LogP contribution is 2.73. The lowest BCUT2D eigenvalue weighted by Gasteiger charge is -2.57. The van der Waals surface area contributed by atoms with Gasteiger partial charge in [-0.15, -0.1) is 0 Å². The number of carbonyl (C=O) groups is 2. The minimum Gasteiger partial charge on any atom is -0.462 e. The molecule has 5 rings (SSSR count). The smallest absolute Gasteiger partial charge is 0.306 e. The van der Waals surface area contributed by atoms with E-state index in [1.165, 1.54) is 31.3 Å². The number of ketones is 1. The van der Waals surface area contributed by atoms with E-state index in [-0.39, 0.29) is 22.9 Å². The Bertz CT molecular complexity index is 708. The molecule has 4 fully saturated rings. The summed E-state index contributed by atoms with van der Waals surface area (Å²) in [5, 5.41) is 0. The van der Waals surface area contributed by atoms with Crippen LogP contribution in [-0.4, -0.2) is 17.9 Å². The van der Waals surface area contributed by atoms with Crippen LogP contribution in [0.4, 0.5) is 0 Å². The fourth-order valence-corrected chi connectivity index (χ4v) is 7.97. The van der Waals surface area contributed by atoms with Crippen LogP contribution < -0.4 is 0 Å². The second-order valence-corrected chi connectivity index (χ2v) is 10.6. The molecule has 0 radical (unpaired) electrons. The van der Waals surface area contributed by atoms with Crippen LogP contribution in [0.1, 0.15) is 78.6 Å². The Balaban J connectivity index is 1.43. The molecule has 5 aliphatic rings. The standard InChI is InChI=1S/C24H34O3/c1-4-5-21(26)27-20-7-6-17-22-16-13-15(16)19-12-14(25)8-10-23(19,2)18(22)9-11-24(17,20)3/h12,15-18,20,22H,4-11,13H2,1-3H3. The lowest BCUT2D eigenvalue weighted by molar-refractivity contribution is -0.160. The summed E-state index contributed by atoms with van der Waals surface area (Å²) in [5.41, 5.74) is 1.92. The Morgan fingerprint density at radius 3 is 2.78 bits per heavy atom. The molecular weight excluding hydrogens is 336 g/mol. The van der Waals surface area contributed by atoms with Crippen LogP contribution in [0.3, 0.4) is 0 Å². The van der Waals surface area contributed by atoms with Crippen LogP contribution in [0.5, 0.6) is 0 Å². The number of allylic oxidation sites excluding steroid dienone is 1.